The summed E-state index contributed by atoms with van der Waals surface area (Å²) in [5.41, 5.74) is 6.57. The molecule has 0 radical (unpaired) electrons. The van der Waals surface area contributed by atoms with E-state index in [1.54, 1.807) is 0 Å². The molecule has 0 saturated heterocycles. The zero-order valence-electron chi connectivity index (χ0n) is 12.9. The Bertz CT molecular complexity index is 575. The number of anilines is 2. The lowest BCUT2D eigenvalue weighted by molar-refractivity contribution is 0.871. The maximum Gasteiger partial charge on any atom is 0.0384 e. The van der Waals surface area contributed by atoms with Gasteiger partial charge < -0.3 is 10.2 Å². The van der Waals surface area contributed by atoms with Gasteiger partial charge in [0.25, 0.3) is 0 Å². The van der Waals surface area contributed by atoms with E-state index < -0.39 is 0 Å². The molecule has 0 fully saturated rings. The van der Waals surface area contributed by atoms with Crippen LogP contribution in [0.2, 0.25) is 0 Å². The molecule has 2 heteroatoms. The van der Waals surface area contributed by atoms with Crippen LogP contribution in [0.4, 0.5) is 11.4 Å². The lowest BCUT2D eigenvalue weighted by Crippen LogP contribution is -2.20. The molecular weight excluding hydrogens is 244 g/mol. The Balaban J connectivity index is 2.04. The third-order valence-corrected chi connectivity index (χ3v) is 3.80. The van der Waals surface area contributed by atoms with Crippen LogP contribution in [-0.4, -0.2) is 20.6 Å². The molecule has 20 heavy (non-hydrogen) atoms. The van der Waals surface area contributed by atoms with E-state index in [0.29, 0.717) is 0 Å². The zero-order chi connectivity index (χ0) is 14.5. The van der Waals surface area contributed by atoms with Gasteiger partial charge in [0.1, 0.15) is 0 Å². The van der Waals surface area contributed by atoms with Crippen molar-refractivity contribution in [2.75, 3.05) is 30.9 Å². The predicted octanol–water partition coefficient (Wildman–Crippen LogP) is 4.02. The van der Waals surface area contributed by atoms with Gasteiger partial charge in [0.2, 0.25) is 0 Å². The Labute approximate surface area is 122 Å². The van der Waals surface area contributed by atoms with Gasteiger partial charge >= 0.3 is 0 Å². The third-order valence-electron chi connectivity index (χ3n) is 3.80. The van der Waals surface area contributed by atoms with Crippen LogP contribution in [0.15, 0.2) is 42.5 Å². The van der Waals surface area contributed by atoms with Crippen LogP contribution in [0.1, 0.15) is 16.7 Å². The van der Waals surface area contributed by atoms with Crippen LogP contribution in [-0.2, 0) is 6.42 Å². The molecule has 0 atom stereocenters. The van der Waals surface area contributed by atoms with Gasteiger partial charge in [-0.3, -0.25) is 0 Å². The summed E-state index contributed by atoms with van der Waals surface area (Å²) in [5.74, 6) is 0. The molecule has 0 heterocycles. The van der Waals surface area contributed by atoms with Crippen molar-refractivity contribution in [1.29, 1.82) is 0 Å². The summed E-state index contributed by atoms with van der Waals surface area (Å²) < 4.78 is 0. The van der Waals surface area contributed by atoms with Gasteiger partial charge in [-0.2, -0.15) is 0 Å². The first kappa shape index (κ1) is 14.4. The van der Waals surface area contributed by atoms with E-state index in [4.69, 9.17) is 0 Å². The van der Waals surface area contributed by atoms with E-state index in [1.807, 2.05) is 7.05 Å². The first-order valence-corrected chi connectivity index (χ1v) is 7.15. The largest absolute Gasteiger partial charge is 0.388 e. The molecule has 2 aromatic carbocycles. The second-order valence-corrected chi connectivity index (χ2v) is 5.40. The van der Waals surface area contributed by atoms with E-state index >= 15 is 0 Å². The Kier molecular flexibility index (Phi) is 4.67. The highest BCUT2D eigenvalue weighted by molar-refractivity contribution is 5.57. The molecule has 2 aromatic rings. The van der Waals surface area contributed by atoms with Gasteiger partial charge in [0.05, 0.1) is 0 Å². The van der Waals surface area contributed by atoms with Gasteiger partial charge in [-0.05, 0) is 49.6 Å². The van der Waals surface area contributed by atoms with E-state index in [1.165, 1.54) is 22.4 Å². The number of hydrogen-bond acceptors (Lipinski definition) is 2. The minimum Gasteiger partial charge on any atom is -0.388 e. The van der Waals surface area contributed by atoms with Crippen molar-refractivity contribution in [3.05, 3.63) is 59.2 Å². The molecule has 2 nitrogen and oxygen atoms in total. The SMILES string of the molecule is CNc1cccc(N(C)CCc2cc(C)ccc2C)c1. The Morgan fingerprint density at radius 3 is 2.60 bits per heavy atom. The molecule has 1 N–H and O–H groups in total. The monoisotopic (exact) mass is 268 g/mol. The molecular formula is C18H24N2. The van der Waals surface area contributed by atoms with Crippen LogP contribution in [0.3, 0.4) is 0 Å². The van der Waals surface area contributed by atoms with Crippen LogP contribution >= 0.6 is 0 Å². The quantitative estimate of drug-likeness (QED) is 0.881. The van der Waals surface area contributed by atoms with E-state index in [-0.39, 0.29) is 0 Å². The van der Waals surface area contributed by atoms with Crippen molar-refractivity contribution in [3.63, 3.8) is 0 Å². The van der Waals surface area contributed by atoms with Crippen LogP contribution in [0.25, 0.3) is 0 Å². The van der Waals surface area contributed by atoms with Crippen molar-refractivity contribution in [2.45, 2.75) is 20.3 Å². The minimum absolute atomic E-state index is 1.03. The van der Waals surface area contributed by atoms with Crippen molar-refractivity contribution < 1.29 is 0 Å². The Hall–Kier alpha value is -1.96. The highest BCUT2D eigenvalue weighted by Crippen LogP contribution is 2.19. The van der Waals surface area contributed by atoms with Crippen molar-refractivity contribution >= 4 is 11.4 Å². The Morgan fingerprint density at radius 1 is 1.05 bits per heavy atom. The first-order valence-electron chi connectivity index (χ1n) is 7.15. The minimum atomic E-state index is 1.03. The molecule has 106 valence electrons. The molecule has 0 aromatic heterocycles. The summed E-state index contributed by atoms with van der Waals surface area (Å²) in [6, 6.07) is 15.2. The maximum absolute atomic E-state index is 3.19. The first-order chi connectivity index (χ1) is 9.60. The Morgan fingerprint density at radius 2 is 1.85 bits per heavy atom. The molecule has 0 unspecified atom stereocenters. The van der Waals surface area contributed by atoms with Crippen molar-refractivity contribution in [2.24, 2.45) is 0 Å². The van der Waals surface area contributed by atoms with Crippen molar-refractivity contribution in [1.82, 2.24) is 0 Å². The number of rotatable bonds is 5. The summed E-state index contributed by atoms with van der Waals surface area (Å²) in [5, 5.41) is 3.19. The van der Waals surface area contributed by atoms with Crippen LogP contribution < -0.4 is 10.2 Å². The molecule has 0 bridgehead atoms. The molecule has 0 aliphatic rings. The lowest BCUT2D eigenvalue weighted by Gasteiger charge is -2.20. The highest BCUT2D eigenvalue weighted by atomic mass is 15.1. The van der Waals surface area contributed by atoms with E-state index in [9.17, 15) is 0 Å². The number of nitrogens with zero attached hydrogens (tertiary/aromatic N) is 1. The molecule has 2 rings (SSSR count). The van der Waals surface area contributed by atoms with Gasteiger partial charge in [0.15, 0.2) is 0 Å². The van der Waals surface area contributed by atoms with E-state index in [2.05, 4.69) is 73.6 Å². The summed E-state index contributed by atoms with van der Waals surface area (Å²) in [7, 11) is 4.11. The third kappa shape index (κ3) is 3.53. The average molecular weight is 268 g/mol. The van der Waals surface area contributed by atoms with Gasteiger partial charge in [0, 0.05) is 32.0 Å². The maximum atomic E-state index is 3.19. The van der Waals surface area contributed by atoms with E-state index in [0.717, 1.165) is 18.7 Å². The average Bonchev–Trinajstić information content (AvgIpc) is 2.48. The highest BCUT2D eigenvalue weighted by Gasteiger charge is 2.04. The normalized spacial score (nSPS) is 10.4. The molecule has 0 aliphatic carbocycles. The predicted molar refractivity (Wildman–Crippen MR) is 88.9 cm³/mol. The molecule has 0 aliphatic heterocycles. The number of hydrogen-bond donors (Lipinski definition) is 1. The smallest absolute Gasteiger partial charge is 0.0384 e. The number of nitrogens with one attached hydrogen (secondary N) is 1. The van der Waals surface area contributed by atoms with Gasteiger partial charge in [-0.25, -0.2) is 0 Å². The van der Waals surface area contributed by atoms with Crippen LogP contribution in [0, 0.1) is 13.8 Å². The summed E-state index contributed by atoms with van der Waals surface area (Å²) in [6.07, 6.45) is 1.08. The fourth-order valence-corrected chi connectivity index (χ4v) is 2.39. The molecule has 0 saturated carbocycles. The summed E-state index contributed by atoms with van der Waals surface area (Å²) >= 11 is 0. The molecule has 0 amide bonds. The lowest BCUT2D eigenvalue weighted by atomic mass is 10.0. The summed E-state index contributed by atoms with van der Waals surface area (Å²) in [4.78, 5) is 2.31. The van der Waals surface area contributed by atoms with Crippen LogP contribution in [0.5, 0.6) is 0 Å². The topological polar surface area (TPSA) is 15.3 Å². The fourth-order valence-electron chi connectivity index (χ4n) is 2.39. The fraction of sp³-hybridized carbons (Fsp3) is 0.333. The number of aryl methyl sites for hydroxylation is 2. The number of likely N-dealkylation sites (N-methyl/N-ethyl adjacent to an activating group) is 1. The second kappa shape index (κ2) is 6.47. The zero-order valence-corrected chi connectivity index (χ0v) is 12.9. The standard InChI is InChI=1S/C18H24N2/c1-14-8-9-15(2)16(12-14)10-11-20(4)18-7-5-6-17(13-18)19-3/h5-9,12-13,19H,10-11H2,1-4H3. The van der Waals surface area contributed by atoms with Crippen molar-refractivity contribution in [3.8, 4) is 0 Å². The van der Waals surface area contributed by atoms with Gasteiger partial charge in [-0.1, -0.05) is 29.8 Å². The van der Waals surface area contributed by atoms with Gasteiger partial charge in [-0.15, -0.1) is 0 Å². The summed E-state index contributed by atoms with van der Waals surface area (Å²) in [6.45, 7) is 5.37. The number of benzene rings is 2. The second-order valence-electron chi connectivity index (χ2n) is 5.40. The molecule has 0 spiro atoms.